The number of carbonyl (C=O) groups is 1. The van der Waals surface area contributed by atoms with Crippen molar-refractivity contribution >= 4 is 22.0 Å². The molecular formula is C15H22BrNO6. The summed E-state index contributed by atoms with van der Waals surface area (Å²) in [4.78, 5) is 11.5. The van der Waals surface area contributed by atoms with Crippen LogP contribution in [-0.2, 0) is 4.74 Å². The number of ether oxygens (including phenoxy) is 2. The maximum atomic E-state index is 11.5. The molecule has 0 heterocycles. The maximum Gasteiger partial charge on any atom is 0.407 e. The van der Waals surface area contributed by atoms with Gasteiger partial charge in [0.2, 0.25) is 0 Å². The van der Waals surface area contributed by atoms with Crippen LogP contribution in [0.1, 0.15) is 32.4 Å². The highest BCUT2D eigenvalue weighted by Gasteiger charge is 2.24. The number of carbonyl (C=O) groups excluding carboxylic acids is 1. The van der Waals surface area contributed by atoms with Crippen molar-refractivity contribution in [2.45, 2.75) is 38.6 Å². The molecule has 2 atom stereocenters. The van der Waals surface area contributed by atoms with Gasteiger partial charge in [-0.2, -0.15) is 0 Å². The van der Waals surface area contributed by atoms with Crippen LogP contribution in [0.3, 0.4) is 0 Å². The van der Waals surface area contributed by atoms with Crippen LogP contribution < -0.4 is 10.1 Å². The number of benzene rings is 1. The molecule has 0 bridgehead atoms. The van der Waals surface area contributed by atoms with Gasteiger partial charge in [-0.1, -0.05) is 15.9 Å². The fourth-order valence-electron chi connectivity index (χ4n) is 1.77. The van der Waals surface area contributed by atoms with Crippen LogP contribution in [0, 0.1) is 0 Å². The Bertz CT molecular complexity index is 558. The van der Waals surface area contributed by atoms with Gasteiger partial charge in [-0.15, -0.1) is 0 Å². The molecule has 0 radical (unpaired) electrons. The molecule has 1 aromatic rings. The second kappa shape index (κ2) is 7.85. The molecular weight excluding hydrogens is 370 g/mol. The molecule has 1 rings (SSSR count). The highest BCUT2D eigenvalue weighted by molar-refractivity contribution is 9.10. The standard InChI is InChI=1S/C15H22BrNO6/c1-15(2,3)23-14(21)17-7-11(19)13(20)8-5-12(22-4)10(18)6-9(8)16/h5-6,11,13,18-20H,7H2,1-4H3,(H,17,21). The van der Waals surface area contributed by atoms with Gasteiger partial charge >= 0.3 is 6.09 Å². The molecule has 1 amide bonds. The molecule has 23 heavy (non-hydrogen) atoms. The molecule has 2 unspecified atom stereocenters. The van der Waals surface area contributed by atoms with Gasteiger partial charge in [0.1, 0.15) is 17.8 Å². The first-order valence-corrected chi connectivity index (χ1v) is 7.74. The summed E-state index contributed by atoms with van der Waals surface area (Å²) in [6.07, 6.45) is -3.26. The smallest absolute Gasteiger partial charge is 0.407 e. The Kier molecular flexibility index (Phi) is 6.67. The number of amides is 1. The van der Waals surface area contributed by atoms with Gasteiger partial charge in [0.05, 0.1) is 7.11 Å². The number of hydrogen-bond donors (Lipinski definition) is 4. The van der Waals surface area contributed by atoms with Gasteiger partial charge in [0.15, 0.2) is 11.5 Å². The van der Waals surface area contributed by atoms with Crippen molar-refractivity contribution < 1.29 is 29.6 Å². The highest BCUT2D eigenvalue weighted by Crippen LogP contribution is 2.36. The van der Waals surface area contributed by atoms with Crippen LogP contribution in [0.15, 0.2) is 16.6 Å². The molecule has 1 aromatic carbocycles. The number of halogens is 1. The number of rotatable bonds is 5. The first-order valence-electron chi connectivity index (χ1n) is 6.94. The van der Waals surface area contributed by atoms with Gasteiger partial charge in [-0.05, 0) is 32.9 Å². The number of aromatic hydroxyl groups is 1. The van der Waals surface area contributed by atoms with Crippen LogP contribution >= 0.6 is 15.9 Å². The van der Waals surface area contributed by atoms with Crippen molar-refractivity contribution in [3.63, 3.8) is 0 Å². The summed E-state index contributed by atoms with van der Waals surface area (Å²) in [5.41, 5.74) is -0.334. The van der Waals surface area contributed by atoms with Crippen LogP contribution in [-0.4, -0.2) is 46.8 Å². The van der Waals surface area contributed by atoms with Gasteiger partial charge in [0.25, 0.3) is 0 Å². The predicted octanol–water partition coefficient (Wildman–Crippen LogP) is 2.08. The Balaban J connectivity index is 2.74. The summed E-state index contributed by atoms with van der Waals surface area (Å²) in [6.45, 7) is 4.96. The van der Waals surface area contributed by atoms with Gasteiger partial charge in [-0.3, -0.25) is 0 Å². The summed E-state index contributed by atoms with van der Waals surface area (Å²) in [5.74, 6) is 0.0613. The second-order valence-corrected chi connectivity index (χ2v) is 6.79. The number of phenolic OH excluding ortho intramolecular Hbond substituents is 1. The summed E-state index contributed by atoms with van der Waals surface area (Å²) in [5, 5.41) is 32.3. The zero-order valence-corrected chi connectivity index (χ0v) is 15.0. The fraction of sp³-hybridized carbons (Fsp3) is 0.533. The minimum absolute atomic E-state index is 0.100. The number of phenols is 1. The Hall–Kier alpha value is -1.51. The van der Waals surface area contributed by atoms with Crippen LogP contribution in [0.5, 0.6) is 11.5 Å². The molecule has 0 aliphatic carbocycles. The van der Waals surface area contributed by atoms with E-state index < -0.39 is 23.9 Å². The monoisotopic (exact) mass is 391 g/mol. The molecule has 0 aliphatic rings. The topological polar surface area (TPSA) is 108 Å². The largest absolute Gasteiger partial charge is 0.504 e. The zero-order valence-electron chi connectivity index (χ0n) is 13.5. The third kappa shape index (κ3) is 5.89. The molecule has 0 saturated heterocycles. The molecule has 8 heteroatoms. The van der Waals surface area contributed by atoms with E-state index in [-0.39, 0.29) is 18.0 Å². The molecule has 4 N–H and O–H groups in total. The van der Waals surface area contributed by atoms with Crippen LogP contribution in [0.4, 0.5) is 4.79 Å². The van der Waals surface area contributed by atoms with E-state index in [1.54, 1.807) is 20.8 Å². The van der Waals surface area contributed by atoms with E-state index >= 15 is 0 Å². The number of alkyl carbamates (subject to hydrolysis) is 1. The minimum atomic E-state index is -1.30. The molecule has 0 spiro atoms. The quantitative estimate of drug-likeness (QED) is 0.611. The Morgan fingerprint density at radius 1 is 1.35 bits per heavy atom. The molecule has 0 fully saturated rings. The van der Waals surface area contributed by atoms with E-state index in [1.807, 2.05) is 0 Å². The third-order valence-corrected chi connectivity index (χ3v) is 3.52. The van der Waals surface area contributed by atoms with Crippen molar-refractivity contribution in [2.75, 3.05) is 13.7 Å². The Morgan fingerprint density at radius 2 is 1.96 bits per heavy atom. The normalized spacial score (nSPS) is 14.0. The van der Waals surface area contributed by atoms with E-state index in [1.165, 1.54) is 19.2 Å². The van der Waals surface area contributed by atoms with Gasteiger partial charge < -0.3 is 30.1 Å². The maximum absolute atomic E-state index is 11.5. The zero-order chi connectivity index (χ0) is 17.8. The number of aliphatic hydroxyl groups is 2. The lowest BCUT2D eigenvalue weighted by Gasteiger charge is -2.23. The highest BCUT2D eigenvalue weighted by atomic mass is 79.9. The third-order valence-electron chi connectivity index (χ3n) is 2.84. The van der Waals surface area contributed by atoms with E-state index in [0.717, 1.165) is 0 Å². The van der Waals surface area contributed by atoms with Crippen molar-refractivity contribution in [2.24, 2.45) is 0 Å². The van der Waals surface area contributed by atoms with Gasteiger partial charge in [-0.25, -0.2) is 4.79 Å². The Labute approximate surface area is 143 Å². The number of hydrogen-bond acceptors (Lipinski definition) is 6. The average molecular weight is 392 g/mol. The molecule has 0 aliphatic heterocycles. The van der Waals surface area contributed by atoms with Crippen molar-refractivity contribution in [3.05, 3.63) is 22.2 Å². The predicted molar refractivity (Wildman–Crippen MR) is 87.6 cm³/mol. The van der Waals surface area contributed by atoms with E-state index in [4.69, 9.17) is 9.47 Å². The number of methoxy groups -OCH3 is 1. The van der Waals surface area contributed by atoms with Crippen molar-refractivity contribution in [1.29, 1.82) is 0 Å². The van der Waals surface area contributed by atoms with E-state index in [0.29, 0.717) is 10.0 Å². The van der Waals surface area contributed by atoms with Crippen molar-refractivity contribution in [1.82, 2.24) is 5.32 Å². The average Bonchev–Trinajstić information content (AvgIpc) is 2.42. The van der Waals surface area contributed by atoms with Crippen LogP contribution in [0.25, 0.3) is 0 Å². The fourth-order valence-corrected chi connectivity index (χ4v) is 2.34. The van der Waals surface area contributed by atoms with E-state index in [9.17, 15) is 20.1 Å². The number of aliphatic hydroxyl groups excluding tert-OH is 2. The number of nitrogens with one attached hydrogen (secondary N) is 1. The van der Waals surface area contributed by atoms with Crippen LogP contribution in [0.2, 0.25) is 0 Å². The summed E-state index contributed by atoms with van der Waals surface area (Å²) >= 11 is 3.20. The first kappa shape index (κ1) is 19.5. The minimum Gasteiger partial charge on any atom is -0.504 e. The summed E-state index contributed by atoms with van der Waals surface area (Å²) in [6, 6.07) is 2.76. The van der Waals surface area contributed by atoms with Crippen molar-refractivity contribution in [3.8, 4) is 11.5 Å². The molecule has 7 nitrogen and oxygen atoms in total. The molecule has 0 saturated carbocycles. The lowest BCUT2D eigenvalue weighted by Crippen LogP contribution is -2.38. The molecule has 0 aromatic heterocycles. The first-order chi connectivity index (χ1) is 10.5. The Morgan fingerprint density at radius 3 is 2.48 bits per heavy atom. The lowest BCUT2D eigenvalue weighted by molar-refractivity contribution is 0.0125. The molecule has 130 valence electrons. The second-order valence-electron chi connectivity index (χ2n) is 5.94. The summed E-state index contributed by atoms with van der Waals surface area (Å²) < 4.78 is 10.4. The summed E-state index contributed by atoms with van der Waals surface area (Å²) in [7, 11) is 1.37. The SMILES string of the molecule is COc1cc(C(O)C(O)CNC(=O)OC(C)(C)C)c(Br)cc1O. The lowest BCUT2D eigenvalue weighted by atomic mass is 10.0. The van der Waals surface area contributed by atoms with E-state index in [2.05, 4.69) is 21.2 Å². The van der Waals surface area contributed by atoms with Gasteiger partial charge in [0, 0.05) is 16.6 Å².